The van der Waals surface area contributed by atoms with E-state index in [1.54, 1.807) is 0 Å². The van der Waals surface area contributed by atoms with Gasteiger partial charge in [-0.25, -0.2) is 26.7 Å². The number of anilines is 1. The van der Waals surface area contributed by atoms with E-state index in [1.165, 1.54) is 0 Å². The van der Waals surface area contributed by atoms with E-state index < -0.39 is 73.3 Å². The topological polar surface area (TPSA) is 85.3 Å². The van der Waals surface area contributed by atoms with Crippen molar-refractivity contribution in [3.63, 3.8) is 0 Å². The quantitative estimate of drug-likeness (QED) is 0.388. The normalized spacial score (nSPS) is 11.2. The smallest absolute Gasteiger partial charge is 0.341 e. The van der Waals surface area contributed by atoms with Crippen LogP contribution in [-0.2, 0) is 0 Å². The zero-order chi connectivity index (χ0) is 20.2. The van der Waals surface area contributed by atoms with E-state index in [-0.39, 0.29) is 0 Å². The number of halogens is 6. The lowest BCUT2D eigenvalue weighted by molar-refractivity contribution is 0.0695. The number of carboxylic acid groups (broad SMARTS) is 1. The third-order valence-corrected chi connectivity index (χ3v) is 4.12. The minimum Gasteiger partial charge on any atom is -0.477 e. The maximum atomic E-state index is 14.3. The van der Waals surface area contributed by atoms with Crippen LogP contribution in [0.25, 0.3) is 16.6 Å². The van der Waals surface area contributed by atoms with Gasteiger partial charge in [-0.1, -0.05) is 11.6 Å². The van der Waals surface area contributed by atoms with Gasteiger partial charge in [0, 0.05) is 6.20 Å². The number of hydrogen-bond donors (Lipinski definition) is 2. The summed E-state index contributed by atoms with van der Waals surface area (Å²) in [6.45, 7) is 0. The third kappa shape index (κ3) is 2.69. The first-order valence-electron chi connectivity index (χ1n) is 6.95. The number of benzene rings is 2. The minimum atomic E-state index is -1.99. The summed E-state index contributed by atoms with van der Waals surface area (Å²) < 4.78 is 69.5. The molecule has 1 aromatic heterocycles. The van der Waals surface area contributed by atoms with Crippen molar-refractivity contribution in [2.24, 2.45) is 0 Å². The fourth-order valence-electron chi connectivity index (χ4n) is 2.52. The van der Waals surface area contributed by atoms with Crippen LogP contribution in [0.4, 0.5) is 27.6 Å². The summed E-state index contributed by atoms with van der Waals surface area (Å²) in [6.07, 6.45) is 0.519. The molecule has 0 bridgehead atoms. The van der Waals surface area contributed by atoms with Gasteiger partial charge in [-0.2, -0.15) is 0 Å². The van der Waals surface area contributed by atoms with Crippen molar-refractivity contribution in [3.05, 3.63) is 68.2 Å². The number of rotatable bonds is 2. The fourth-order valence-corrected chi connectivity index (χ4v) is 2.80. The molecule has 0 aliphatic heterocycles. The molecule has 27 heavy (non-hydrogen) atoms. The molecule has 0 amide bonds. The summed E-state index contributed by atoms with van der Waals surface area (Å²) >= 11 is 5.71. The van der Waals surface area contributed by atoms with E-state index in [1.807, 2.05) is 0 Å². The van der Waals surface area contributed by atoms with Crippen LogP contribution in [0, 0.1) is 29.1 Å². The van der Waals surface area contributed by atoms with Crippen molar-refractivity contribution in [1.82, 2.24) is 4.57 Å². The highest BCUT2D eigenvalue weighted by atomic mass is 35.5. The van der Waals surface area contributed by atoms with Crippen molar-refractivity contribution in [2.45, 2.75) is 0 Å². The van der Waals surface area contributed by atoms with Crippen LogP contribution in [0.3, 0.4) is 0 Å². The Morgan fingerprint density at radius 3 is 2.26 bits per heavy atom. The van der Waals surface area contributed by atoms with Crippen LogP contribution in [0.2, 0.25) is 5.02 Å². The zero-order valence-electron chi connectivity index (χ0n) is 12.8. The lowest BCUT2D eigenvalue weighted by Gasteiger charge is -2.16. The average Bonchev–Trinajstić information content (AvgIpc) is 2.61. The molecule has 0 unspecified atom stereocenters. The molecule has 0 atom stereocenters. The number of carbonyl (C=O) groups is 1. The van der Waals surface area contributed by atoms with Crippen molar-refractivity contribution in [2.75, 3.05) is 5.73 Å². The predicted molar refractivity (Wildman–Crippen MR) is 85.7 cm³/mol. The number of nitrogen functional groups attached to an aromatic ring is 1. The molecule has 0 saturated carbocycles. The van der Waals surface area contributed by atoms with Crippen LogP contribution in [0.1, 0.15) is 10.4 Å². The Morgan fingerprint density at radius 2 is 1.67 bits per heavy atom. The number of carboxylic acids is 1. The Labute approximate surface area is 151 Å². The number of nitrogens with zero attached hydrogens (tertiary/aromatic N) is 1. The van der Waals surface area contributed by atoms with Gasteiger partial charge in [0.25, 0.3) is 0 Å². The van der Waals surface area contributed by atoms with Gasteiger partial charge in [0.05, 0.1) is 22.3 Å². The standard InChI is InChI=1S/C16H6ClF5N2O3/c17-9-10(19)6(18)1-4-14(9)24(3-5(15(4)25)16(26)27)8-2-7(23)11(20)13(22)12(8)21/h1-3H,23H2,(H,26,27). The SMILES string of the molecule is Nc1cc(-n2cc(C(=O)O)c(=O)c3cc(F)c(F)c(Cl)c32)c(F)c(F)c1F. The van der Waals surface area contributed by atoms with Gasteiger partial charge in [0.15, 0.2) is 29.1 Å². The van der Waals surface area contributed by atoms with Gasteiger partial charge in [0.2, 0.25) is 5.43 Å². The molecule has 140 valence electrons. The van der Waals surface area contributed by atoms with Gasteiger partial charge in [-0.05, 0) is 12.1 Å². The number of nitrogens with two attached hydrogens (primary N) is 1. The van der Waals surface area contributed by atoms with E-state index >= 15 is 0 Å². The first-order chi connectivity index (χ1) is 12.6. The lowest BCUT2D eigenvalue weighted by atomic mass is 10.1. The molecule has 0 saturated heterocycles. The Morgan fingerprint density at radius 1 is 1.04 bits per heavy atom. The predicted octanol–water partition coefficient (Wildman–Crippen LogP) is 3.62. The molecular formula is C16H6ClF5N2O3. The number of aromatic nitrogens is 1. The number of fused-ring (bicyclic) bond motifs is 1. The molecule has 3 N–H and O–H groups in total. The summed E-state index contributed by atoms with van der Waals surface area (Å²) in [4.78, 5) is 23.5. The van der Waals surface area contributed by atoms with Crippen molar-refractivity contribution in [1.29, 1.82) is 0 Å². The summed E-state index contributed by atoms with van der Waals surface area (Å²) in [5.41, 5.74) is 0.646. The number of hydrogen-bond acceptors (Lipinski definition) is 3. The van der Waals surface area contributed by atoms with E-state index in [9.17, 15) is 31.5 Å². The third-order valence-electron chi connectivity index (χ3n) is 3.77. The van der Waals surface area contributed by atoms with E-state index in [0.29, 0.717) is 22.9 Å². The van der Waals surface area contributed by atoms with Crippen LogP contribution < -0.4 is 11.2 Å². The van der Waals surface area contributed by atoms with Gasteiger partial charge in [-0.3, -0.25) is 4.79 Å². The summed E-state index contributed by atoms with van der Waals surface area (Å²) in [5, 5.41) is 7.43. The van der Waals surface area contributed by atoms with E-state index in [2.05, 4.69) is 0 Å². The molecule has 0 aliphatic carbocycles. The molecule has 0 fully saturated rings. The highest BCUT2D eigenvalue weighted by Crippen LogP contribution is 2.32. The lowest BCUT2D eigenvalue weighted by Crippen LogP contribution is -2.20. The second kappa shape index (κ2) is 6.23. The Bertz CT molecular complexity index is 1210. The van der Waals surface area contributed by atoms with Crippen LogP contribution in [-0.4, -0.2) is 15.6 Å². The van der Waals surface area contributed by atoms with Crippen LogP contribution in [0.15, 0.2) is 23.1 Å². The van der Waals surface area contributed by atoms with E-state index in [4.69, 9.17) is 22.4 Å². The van der Waals surface area contributed by atoms with E-state index in [0.717, 1.165) is 0 Å². The summed E-state index contributed by atoms with van der Waals surface area (Å²) in [6, 6.07) is 0.948. The second-order valence-corrected chi connectivity index (χ2v) is 5.73. The largest absolute Gasteiger partial charge is 0.477 e. The fraction of sp³-hybridized carbons (Fsp3) is 0. The van der Waals surface area contributed by atoms with Crippen molar-refractivity contribution < 1.29 is 31.9 Å². The summed E-state index contributed by atoms with van der Waals surface area (Å²) in [7, 11) is 0. The Balaban J connectivity index is 2.62. The Kier molecular flexibility index (Phi) is 4.31. The maximum Gasteiger partial charge on any atom is 0.341 e. The van der Waals surface area contributed by atoms with Crippen LogP contribution >= 0.6 is 11.6 Å². The molecule has 0 spiro atoms. The molecule has 1 heterocycles. The molecule has 11 heteroatoms. The second-order valence-electron chi connectivity index (χ2n) is 5.36. The van der Waals surface area contributed by atoms with Gasteiger partial charge >= 0.3 is 5.97 Å². The summed E-state index contributed by atoms with van der Waals surface area (Å²) in [5.74, 6) is -10.5. The molecule has 3 aromatic rings. The van der Waals surface area contributed by atoms with Crippen molar-refractivity contribution in [3.8, 4) is 5.69 Å². The van der Waals surface area contributed by atoms with Crippen LogP contribution in [0.5, 0.6) is 0 Å². The van der Waals surface area contributed by atoms with Gasteiger partial charge in [0.1, 0.15) is 10.6 Å². The number of aromatic carboxylic acids is 1. The highest BCUT2D eigenvalue weighted by Gasteiger charge is 2.25. The first kappa shape index (κ1) is 18.6. The molecule has 2 aromatic carbocycles. The first-order valence-corrected chi connectivity index (χ1v) is 7.33. The van der Waals surface area contributed by atoms with Crippen molar-refractivity contribution >= 4 is 34.2 Å². The number of pyridine rings is 1. The van der Waals surface area contributed by atoms with Gasteiger partial charge in [-0.15, -0.1) is 0 Å². The molecule has 0 aliphatic rings. The monoisotopic (exact) mass is 404 g/mol. The highest BCUT2D eigenvalue weighted by molar-refractivity contribution is 6.35. The molecule has 3 rings (SSSR count). The minimum absolute atomic E-state index is 0.364. The zero-order valence-corrected chi connectivity index (χ0v) is 13.5. The average molecular weight is 405 g/mol. The molecular weight excluding hydrogens is 399 g/mol. The maximum absolute atomic E-state index is 14.3. The Hall–Kier alpha value is -3.14. The molecule has 0 radical (unpaired) electrons. The van der Waals surface area contributed by atoms with Gasteiger partial charge < -0.3 is 15.4 Å². The molecule has 5 nitrogen and oxygen atoms in total.